The molecule has 5 nitrogen and oxygen atoms in total. The minimum Gasteiger partial charge on any atom is -0.395 e. The number of pyridine rings is 1. The van der Waals surface area contributed by atoms with Crippen LogP contribution in [0.4, 0.5) is 0 Å². The van der Waals surface area contributed by atoms with Crippen LogP contribution in [0, 0.1) is 0 Å². The highest BCUT2D eigenvalue weighted by molar-refractivity contribution is 5.24. The fourth-order valence-corrected chi connectivity index (χ4v) is 3.18. The lowest BCUT2D eigenvalue weighted by Gasteiger charge is -2.30. The van der Waals surface area contributed by atoms with Crippen LogP contribution >= 0.6 is 0 Å². The van der Waals surface area contributed by atoms with E-state index in [0.29, 0.717) is 0 Å². The molecule has 0 aliphatic rings. The number of benzene rings is 1. The van der Waals surface area contributed by atoms with Gasteiger partial charge in [-0.25, -0.2) is 0 Å². The summed E-state index contributed by atoms with van der Waals surface area (Å²) in [6.45, 7) is 4.60. The second-order valence-electron chi connectivity index (χ2n) is 6.53. The molecule has 0 amide bonds. The Morgan fingerprint density at radius 2 is 1.85 bits per heavy atom. The predicted octanol–water partition coefficient (Wildman–Crippen LogP) is 3.10. The SMILES string of the molecule is CC[C@H](CO)N(Cc1cccnc1)Cc1cccc(Cn2cccn2)c1. The van der Waals surface area contributed by atoms with Crippen LogP contribution in [0.5, 0.6) is 0 Å². The summed E-state index contributed by atoms with van der Waals surface area (Å²) in [5, 5.41) is 14.1. The van der Waals surface area contributed by atoms with Crippen molar-refractivity contribution in [1.29, 1.82) is 0 Å². The minimum absolute atomic E-state index is 0.130. The first-order chi connectivity index (χ1) is 12.8. The Kier molecular flexibility index (Phi) is 6.52. The molecule has 2 aromatic heterocycles. The van der Waals surface area contributed by atoms with Gasteiger partial charge in [0.1, 0.15) is 0 Å². The standard InChI is InChI=1S/C21H26N4O/c1-2-21(17-26)24(15-20-8-4-9-22-13-20)14-18-6-3-7-19(12-18)16-25-11-5-10-23-25/h3-13,21,26H,2,14-17H2,1H3/t21-/m1/s1. The monoisotopic (exact) mass is 350 g/mol. The van der Waals surface area contributed by atoms with E-state index < -0.39 is 0 Å². The largest absolute Gasteiger partial charge is 0.395 e. The summed E-state index contributed by atoms with van der Waals surface area (Å²) in [6, 6.07) is 14.7. The molecular weight excluding hydrogens is 324 g/mol. The van der Waals surface area contributed by atoms with Gasteiger partial charge in [-0.05, 0) is 35.2 Å². The molecule has 1 aromatic carbocycles. The number of hydrogen-bond donors (Lipinski definition) is 1. The zero-order valence-corrected chi connectivity index (χ0v) is 15.2. The topological polar surface area (TPSA) is 54.2 Å². The Bertz CT molecular complexity index is 770. The van der Waals surface area contributed by atoms with Crippen LogP contribution < -0.4 is 0 Å². The van der Waals surface area contributed by atoms with Crippen molar-refractivity contribution in [2.75, 3.05) is 6.61 Å². The van der Waals surface area contributed by atoms with Gasteiger partial charge in [0.05, 0.1) is 13.2 Å². The molecule has 0 fully saturated rings. The molecular formula is C21H26N4O. The second kappa shape index (κ2) is 9.27. The van der Waals surface area contributed by atoms with E-state index >= 15 is 0 Å². The zero-order valence-electron chi connectivity index (χ0n) is 15.2. The lowest BCUT2D eigenvalue weighted by Crippen LogP contribution is -2.36. The summed E-state index contributed by atoms with van der Waals surface area (Å²) in [4.78, 5) is 6.54. The molecule has 5 heteroatoms. The molecule has 0 saturated heterocycles. The Balaban J connectivity index is 1.75. The van der Waals surface area contributed by atoms with E-state index in [9.17, 15) is 5.11 Å². The Morgan fingerprint density at radius 3 is 2.54 bits per heavy atom. The third-order valence-corrected chi connectivity index (χ3v) is 4.59. The molecule has 136 valence electrons. The highest BCUT2D eigenvalue weighted by Crippen LogP contribution is 2.16. The van der Waals surface area contributed by atoms with Crippen molar-refractivity contribution in [3.63, 3.8) is 0 Å². The van der Waals surface area contributed by atoms with Gasteiger partial charge in [-0.2, -0.15) is 5.10 Å². The van der Waals surface area contributed by atoms with Gasteiger partial charge in [0.2, 0.25) is 0 Å². The van der Waals surface area contributed by atoms with Crippen LogP contribution in [0.15, 0.2) is 67.3 Å². The Morgan fingerprint density at radius 1 is 1.04 bits per heavy atom. The van der Waals surface area contributed by atoms with E-state index in [0.717, 1.165) is 31.6 Å². The number of aliphatic hydroxyl groups excluding tert-OH is 1. The van der Waals surface area contributed by atoms with Crippen molar-refractivity contribution in [3.8, 4) is 0 Å². The van der Waals surface area contributed by atoms with Gasteiger partial charge in [-0.3, -0.25) is 14.6 Å². The molecule has 0 saturated carbocycles. The molecule has 0 radical (unpaired) electrons. The van der Waals surface area contributed by atoms with E-state index in [1.807, 2.05) is 29.2 Å². The van der Waals surface area contributed by atoms with Gasteiger partial charge in [0.15, 0.2) is 0 Å². The Labute approximate surface area is 154 Å². The number of rotatable bonds is 9. The number of nitrogens with zero attached hydrogens (tertiary/aromatic N) is 4. The average molecular weight is 350 g/mol. The van der Waals surface area contributed by atoms with E-state index in [1.54, 1.807) is 12.4 Å². The number of aliphatic hydroxyl groups is 1. The normalized spacial score (nSPS) is 12.4. The van der Waals surface area contributed by atoms with Crippen LogP contribution in [0.25, 0.3) is 0 Å². The van der Waals surface area contributed by atoms with E-state index in [1.165, 1.54) is 11.1 Å². The first-order valence-corrected chi connectivity index (χ1v) is 9.07. The van der Waals surface area contributed by atoms with Gasteiger partial charge < -0.3 is 5.11 Å². The quantitative estimate of drug-likeness (QED) is 0.644. The summed E-state index contributed by atoms with van der Waals surface area (Å²) >= 11 is 0. The maximum absolute atomic E-state index is 9.81. The molecule has 0 unspecified atom stereocenters. The number of hydrogen-bond acceptors (Lipinski definition) is 4. The predicted molar refractivity (Wildman–Crippen MR) is 102 cm³/mol. The van der Waals surface area contributed by atoms with Crippen LogP contribution in [-0.4, -0.2) is 37.4 Å². The van der Waals surface area contributed by atoms with Crippen molar-refractivity contribution < 1.29 is 5.11 Å². The van der Waals surface area contributed by atoms with Crippen molar-refractivity contribution in [1.82, 2.24) is 19.7 Å². The first kappa shape index (κ1) is 18.3. The summed E-state index contributed by atoms with van der Waals surface area (Å²) in [7, 11) is 0. The van der Waals surface area contributed by atoms with E-state index in [-0.39, 0.29) is 12.6 Å². The number of aromatic nitrogens is 3. The summed E-state index contributed by atoms with van der Waals surface area (Å²) in [6.07, 6.45) is 8.36. The van der Waals surface area contributed by atoms with Crippen molar-refractivity contribution in [2.45, 2.75) is 39.0 Å². The molecule has 1 atom stereocenters. The molecule has 0 aliphatic carbocycles. The third-order valence-electron chi connectivity index (χ3n) is 4.59. The average Bonchev–Trinajstić information content (AvgIpc) is 3.17. The van der Waals surface area contributed by atoms with E-state index in [4.69, 9.17) is 0 Å². The second-order valence-corrected chi connectivity index (χ2v) is 6.53. The molecule has 2 heterocycles. The van der Waals surface area contributed by atoms with E-state index in [2.05, 4.69) is 52.2 Å². The minimum atomic E-state index is 0.130. The van der Waals surface area contributed by atoms with Crippen molar-refractivity contribution in [3.05, 3.63) is 83.9 Å². The summed E-state index contributed by atoms with van der Waals surface area (Å²) in [5.41, 5.74) is 3.63. The fourth-order valence-electron chi connectivity index (χ4n) is 3.18. The molecule has 3 aromatic rings. The lowest BCUT2D eigenvalue weighted by molar-refractivity contribution is 0.106. The Hall–Kier alpha value is -2.50. The smallest absolute Gasteiger partial charge is 0.0659 e. The summed E-state index contributed by atoms with van der Waals surface area (Å²) in [5.74, 6) is 0. The van der Waals surface area contributed by atoms with Crippen LogP contribution in [0.3, 0.4) is 0 Å². The highest BCUT2D eigenvalue weighted by atomic mass is 16.3. The van der Waals surface area contributed by atoms with Crippen molar-refractivity contribution in [2.24, 2.45) is 0 Å². The van der Waals surface area contributed by atoms with Gasteiger partial charge in [0.25, 0.3) is 0 Å². The zero-order chi connectivity index (χ0) is 18.2. The first-order valence-electron chi connectivity index (χ1n) is 9.07. The maximum Gasteiger partial charge on any atom is 0.0659 e. The third kappa shape index (κ3) is 5.00. The van der Waals surface area contributed by atoms with Gasteiger partial charge in [-0.15, -0.1) is 0 Å². The lowest BCUT2D eigenvalue weighted by atomic mass is 10.1. The van der Waals surface area contributed by atoms with Crippen LogP contribution in [-0.2, 0) is 19.6 Å². The molecule has 0 bridgehead atoms. The van der Waals surface area contributed by atoms with Crippen LogP contribution in [0.1, 0.15) is 30.0 Å². The molecule has 0 aliphatic heterocycles. The fraction of sp³-hybridized carbons (Fsp3) is 0.333. The molecule has 26 heavy (non-hydrogen) atoms. The highest BCUT2D eigenvalue weighted by Gasteiger charge is 2.17. The molecule has 1 N–H and O–H groups in total. The van der Waals surface area contributed by atoms with Gasteiger partial charge in [0, 0.05) is 43.9 Å². The van der Waals surface area contributed by atoms with Crippen molar-refractivity contribution >= 4 is 0 Å². The molecule has 3 rings (SSSR count). The van der Waals surface area contributed by atoms with Gasteiger partial charge in [-0.1, -0.05) is 37.3 Å². The summed E-state index contributed by atoms with van der Waals surface area (Å²) < 4.78 is 1.93. The van der Waals surface area contributed by atoms with Crippen LogP contribution in [0.2, 0.25) is 0 Å². The molecule has 0 spiro atoms. The van der Waals surface area contributed by atoms with Gasteiger partial charge >= 0.3 is 0 Å². The maximum atomic E-state index is 9.81.